The second-order valence-electron chi connectivity index (χ2n) is 7.73. The molecule has 220 valence electrons. The second-order valence-corrected chi connectivity index (χ2v) is 14.5. The van der Waals surface area contributed by atoms with E-state index in [4.69, 9.17) is 30.4 Å². The quantitative estimate of drug-likeness (QED) is 0.0461. The summed E-state index contributed by atoms with van der Waals surface area (Å²) >= 11 is 0. The van der Waals surface area contributed by atoms with E-state index in [2.05, 4.69) is 21.3 Å². The zero-order valence-corrected chi connectivity index (χ0v) is 23.2. The van der Waals surface area contributed by atoms with Crippen molar-refractivity contribution in [3.05, 3.63) is 0 Å². The molecule has 0 aromatic rings. The molecule has 0 saturated heterocycles. The lowest BCUT2D eigenvalue weighted by atomic mass is 10.2. The van der Waals surface area contributed by atoms with Crippen molar-refractivity contribution < 1.29 is 62.5 Å². The summed E-state index contributed by atoms with van der Waals surface area (Å²) in [6, 6.07) is -1.62. The summed E-state index contributed by atoms with van der Waals surface area (Å²) in [5.74, 6) is 0. The van der Waals surface area contributed by atoms with E-state index in [9.17, 15) is 37.8 Å². The van der Waals surface area contributed by atoms with Gasteiger partial charge in [0.2, 0.25) is 0 Å². The molecule has 0 radical (unpaired) electrons. The minimum Gasteiger partial charge on any atom is -0.395 e. The highest BCUT2D eigenvalue weighted by Crippen LogP contribution is 2.36. The van der Waals surface area contributed by atoms with Crippen LogP contribution in [0.25, 0.3) is 0 Å². The monoisotopic (exact) mass is 611 g/mol. The minimum atomic E-state index is -4.44. The summed E-state index contributed by atoms with van der Waals surface area (Å²) in [6.45, 7) is 0.795. The van der Waals surface area contributed by atoms with Crippen LogP contribution in [0.3, 0.4) is 0 Å². The summed E-state index contributed by atoms with van der Waals surface area (Å²) in [7, 11) is -17.3. The average molecular weight is 611 g/mol. The van der Waals surface area contributed by atoms with Gasteiger partial charge in [-0.3, -0.25) is 18.3 Å². The van der Waals surface area contributed by atoms with Gasteiger partial charge >= 0.3 is 30.4 Å². The van der Waals surface area contributed by atoms with Gasteiger partial charge in [-0.05, 0) is 13.0 Å². The second kappa shape index (κ2) is 19.4. The average Bonchev–Trinajstić information content (AvgIpc) is 2.67. The Kier molecular flexibility index (Phi) is 20.8. The number of aliphatic hydroxyl groups is 1. The maximum Gasteiger partial charge on any atom is 0.339 e. The Hall–Kier alpha value is 0.360. The first-order chi connectivity index (χ1) is 16.3. The molecule has 15 N–H and O–H groups in total. The van der Waals surface area contributed by atoms with Crippen molar-refractivity contribution in [3.63, 3.8) is 0 Å². The number of hydrogen-bond acceptors (Lipinski definition) is 10. The van der Waals surface area contributed by atoms with Crippen LogP contribution in [0.1, 0.15) is 6.42 Å². The van der Waals surface area contributed by atoms with E-state index in [1.807, 2.05) is 0 Å². The molecular formula is C14H41N5O13P4. The van der Waals surface area contributed by atoms with Gasteiger partial charge in [0.05, 0.1) is 31.4 Å². The van der Waals surface area contributed by atoms with Gasteiger partial charge in [-0.25, -0.2) is 0 Å². The molecule has 0 aliphatic rings. The summed E-state index contributed by atoms with van der Waals surface area (Å²) < 4.78 is 44.3. The Balaban J connectivity index is 0. The van der Waals surface area contributed by atoms with Crippen molar-refractivity contribution in [2.45, 2.75) is 18.5 Å². The molecular weight excluding hydrogens is 570 g/mol. The molecule has 0 saturated carbocycles. The lowest BCUT2D eigenvalue weighted by Crippen LogP contribution is -2.49. The van der Waals surface area contributed by atoms with Crippen LogP contribution in [0.15, 0.2) is 0 Å². The Morgan fingerprint density at radius 3 is 1.56 bits per heavy atom. The van der Waals surface area contributed by atoms with Crippen LogP contribution in [-0.2, 0) is 18.3 Å². The normalized spacial score (nSPS) is 14.7. The summed E-state index contributed by atoms with van der Waals surface area (Å²) in [5, 5.41) is 18.7. The highest BCUT2D eigenvalue weighted by Gasteiger charge is 2.25. The fourth-order valence-corrected chi connectivity index (χ4v) is 5.25. The Labute approximate surface area is 209 Å². The first-order valence-electron chi connectivity index (χ1n) is 10.7. The zero-order valence-electron chi connectivity index (χ0n) is 19.7. The molecule has 0 spiro atoms. The lowest BCUT2D eigenvalue weighted by Gasteiger charge is -2.25. The molecule has 0 aromatic carbocycles. The Morgan fingerprint density at radius 1 is 0.639 bits per heavy atom. The van der Waals surface area contributed by atoms with Crippen LogP contribution >= 0.6 is 30.4 Å². The topological polar surface area (TPSA) is 324 Å². The lowest BCUT2D eigenvalue weighted by molar-refractivity contribution is 0.306. The van der Waals surface area contributed by atoms with E-state index in [-0.39, 0.29) is 51.9 Å². The molecule has 0 fully saturated rings. The van der Waals surface area contributed by atoms with E-state index in [1.165, 1.54) is 0 Å². The minimum absolute atomic E-state index is 0.0265. The molecule has 36 heavy (non-hydrogen) atoms. The van der Waals surface area contributed by atoms with Crippen molar-refractivity contribution in [2.75, 3.05) is 70.6 Å². The van der Waals surface area contributed by atoms with Gasteiger partial charge in [0.15, 0.2) is 0 Å². The third kappa shape index (κ3) is 32.4. The number of nitrogens with one attached hydrogen (secondary N) is 4. The van der Waals surface area contributed by atoms with E-state index < -0.39 is 61.1 Å². The van der Waals surface area contributed by atoms with Gasteiger partial charge in [-0.2, -0.15) is 0 Å². The van der Waals surface area contributed by atoms with Crippen molar-refractivity contribution in [3.8, 4) is 0 Å². The van der Waals surface area contributed by atoms with Gasteiger partial charge in [-0.15, -0.1) is 0 Å². The molecule has 0 heterocycles. The predicted octanol–water partition coefficient (Wildman–Crippen LogP) is -3.92. The smallest absolute Gasteiger partial charge is 0.339 e. The first kappa shape index (κ1) is 38.5. The molecule has 2 unspecified atom stereocenters. The molecule has 0 amide bonds. The maximum atomic E-state index is 11.4. The van der Waals surface area contributed by atoms with Gasteiger partial charge < -0.3 is 71.3 Å². The third-order valence-corrected chi connectivity index (χ3v) is 7.31. The van der Waals surface area contributed by atoms with Crippen LogP contribution in [0.4, 0.5) is 0 Å². The Bertz CT molecular complexity index is 693. The van der Waals surface area contributed by atoms with Gasteiger partial charge in [0.1, 0.15) is 0 Å². The number of rotatable bonds is 20. The van der Waals surface area contributed by atoms with E-state index in [0.29, 0.717) is 6.54 Å². The molecule has 0 aliphatic carbocycles. The van der Waals surface area contributed by atoms with Crippen molar-refractivity contribution in [1.29, 1.82) is 0 Å². The van der Waals surface area contributed by atoms with Gasteiger partial charge in [0, 0.05) is 44.8 Å². The molecule has 0 aromatic heterocycles. The van der Waals surface area contributed by atoms with Crippen LogP contribution < -0.4 is 27.0 Å². The maximum absolute atomic E-state index is 11.4. The molecule has 0 rings (SSSR count). The molecule has 0 aliphatic heterocycles. The van der Waals surface area contributed by atoms with Crippen molar-refractivity contribution in [1.82, 2.24) is 21.3 Å². The van der Waals surface area contributed by atoms with E-state index in [1.54, 1.807) is 0 Å². The number of hydrogen-bond donors (Lipinski definition) is 14. The molecule has 0 bridgehead atoms. The SMILES string of the molecule is NCCO.O=P(O)(O)CCCNCC(CP(=O)(O)O)NCC(CP(=O)(O)O)NCCNCP(=O)(O)O. The molecule has 2 atom stereocenters. The highest BCUT2D eigenvalue weighted by atomic mass is 31.2. The van der Waals surface area contributed by atoms with Crippen LogP contribution in [0, 0.1) is 0 Å². The first-order valence-corrected chi connectivity index (χ1v) is 17.8. The van der Waals surface area contributed by atoms with Crippen LogP contribution in [-0.4, -0.2) is 127 Å². The standard InChI is InChI=1S/C12H34N4O12P4.C2H7NO/c17-29(18,19)5-1-2-13-6-11(8-30(20,21)22)16-7-12(9-31(23,24)25)15-4-3-14-10-32(26,27)28;3-1-2-4/h11-16H,1-10H2,(H2,17,18,19)(H2,20,21,22)(H2,23,24,25)(H2,26,27,28);4H,1-3H2. The van der Waals surface area contributed by atoms with Crippen molar-refractivity contribution >= 4 is 30.4 Å². The van der Waals surface area contributed by atoms with Crippen LogP contribution in [0.5, 0.6) is 0 Å². The number of aliphatic hydroxyl groups excluding tert-OH is 1. The predicted molar refractivity (Wildman–Crippen MR) is 133 cm³/mol. The van der Waals surface area contributed by atoms with Gasteiger partial charge in [-0.1, -0.05) is 0 Å². The van der Waals surface area contributed by atoms with Gasteiger partial charge in [0.25, 0.3) is 0 Å². The molecule has 18 nitrogen and oxygen atoms in total. The van der Waals surface area contributed by atoms with Crippen molar-refractivity contribution in [2.24, 2.45) is 5.73 Å². The van der Waals surface area contributed by atoms with E-state index >= 15 is 0 Å². The molecule has 22 heteroatoms. The Morgan fingerprint density at radius 2 is 1.14 bits per heavy atom. The zero-order chi connectivity index (χ0) is 28.5. The number of nitrogens with two attached hydrogens (primary N) is 1. The summed E-state index contributed by atoms with van der Waals surface area (Å²) in [4.78, 5) is 72.1. The summed E-state index contributed by atoms with van der Waals surface area (Å²) in [5.41, 5.74) is 4.78. The van der Waals surface area contributed by atoms with Crippen LogP contribution in [0.2, 0.25) is 0 Å². The van der Waals surface area contributed by atoms with E-state index in [0.717, 1.165) is 0 Å². The fourth-order valence-electron chi connectivity index (χ4n) is 2.56. The largest absolute Gasteiger partial charge is 0.395 e. The highest BCUT2D eigenvalue weighted by molar-refractivity contribution is 7.52. The summed E-state index contributed by atoms with van der Waals surface area (Å²) in [6.07, 6.45) is -1.94. The third-order valence-electron chi connectivity index (χ3n) is 3.94. The fraction of sp³-hybridized carbons (Fsp3) is 1.00.